The summed E-state index contributed by atoms with van der Waals surface area (Å²) < 4.78 is 77.2. The van der Waals surface area contributed by atoms with Gasteiger partial charge in [0.1, 0.15) is 11.6 Å². The van der Waals surface area contributed by atoms with Crippen molar-refractivity contribution in [1.82, 2.24) is 4.98 Å². The molecular weight excluding hydrogens is 561 g/mol. The Morgan fingerprint density at radius 1 is 1.05 bits per heavy atom. The lowest BCUT2D eigenvalue weighted by Crippen LogP contribution is -2.33. The third-order valence-electron chi connectivity index (χ3n) is 6.74. The number of carboxylic acid groups (broad SMARTS) is 1. The van der Waals surface area contributed by atoms with Crippen LogP contribution in [0.15, 0.2) is 77.8 Å². The lowest BCUT2D eigenvalue weighted by atomic mass is 10.0. The minimum absolute atomic E-state index is 0.0322. The summed E-state index contributed by atoms with van der Waals surface area (Å²) in [5.74, 6) is -1.53. The van der Waals surface area contributed by atoms with Gasteiger partial charge in [-0.25, -0.2) is 22.5 Å². The Labute approximate surface area is 234 Å². The van der Waals surface area contributed by atoms with Crippen molar-refractivity contribution in [2.75, 3.05) is 11.4 Å². The molecule has 3 aromatic carbocycles. The SMILES string of the molecule is COCc1c(C(=O)O)cccc1S(=O)(=O)N(Cc1ccc(OC(F)(F)F)cc1)c1ncc2ccccc2c1C1CC1. The maximum Gasteiger partial charge on any atom is 0.573 e. The van der Waals surface area contributed by atoms with E-state index in [2.05, 4.69) is 9.72 Å². The molecule has 0 spiro atoms. The van der Waals surface area contributed by atoms with Crippen molar-refractivity contribution in [1.29, 1.82) is 0 Å². The molecule has 1 aromatic heterocycles. The fourth-order valence-electron chi connectivity index (χ4n) is 4.80. The first-order valence-electron chi connectivity index (χ1n) is 12.6. The summed E-state index contributed by atoms with van der Waals surface area (Å²) in [6, 6.07) is 16.3. The number of carboxylic acids is 1. The largest absolute Gasteiger partial charge is 0.573 e. The molecule has 1 N–H and O–H groups in total. The highest BCUT2D eigenvalue weighted by atomic mass is 32.2. The fraction of sp³-hybridized carbons (Fsp3) is 0.241. The van der Waals surface area contributed by atoms with Crippen LogP contribution in [-0.2, 0) is 27.9 Å². The summed E-state index contributed by atoms with van der Waals surface area (Å²) in [7, 11) is -3.15. The van der Waals surface area contributed by atoms with Crippen molar-refractivity contribution >= 4 is 32.6 Å². The molecule has 1 aliphatic carbocycles. The lowest BCUT2D eigenvalue weighted by molar-refractivity contribution is -0.274. The van der Waals surface area contributed by atoms with E-state index in [1.165, 1.54) is 37.4 Å². The van der Waals surface area contributed by atoms with Crippen LogP contribution in [0, 0.1) is 0 Å². The zero-order valence-electron chi connectivity index (χ0n) is 21.8. The fourth-order valence-corrected chi connectivity index (χ4v) is 6.46. The maximum absolute atomic E-state index is 14.5. The van der Waals surface area contributed by atoms with Gasteiger partial charge >= 0.3 is 12.3 Å². The van der Waals surface area contributed by atoms with Gasteiger partial charge in [-0.1, -0.05) is 42.5 Å². The molecule has 4 aromatic rings. The number of aromatic nitrogens is 1. The Balaban J connectivity index is 1.69. The third kappa shape index (κ3) is 5.98. The summed E-state index contributed by atoms with van der Waals surface area (Å²) >= 11 is 0. The van der Waals surface area contributed by atoms with Crippen molar-refractivity contribution in [2.45, 2.75) is 43.2 Å². The van der Waals surface area contributed by atoms with E-state index in [-0.39, 0.29) is 40.9 Å². The van der Waals surface area contributed by atoms with E-state index in [1.54, 1.807) is 6.20 Å². The standard InChI is InChI=1S/C29H25F3N2O6S/c1-39-17-24-23(28(35)36)7-4-8-25(24)41(37,38)34(16-18-9-13-21(14-10-18)40-29(30,31)32)27-26(19-11-12-19)22-6-3-2-5-20(22)15-33-27/h2-10,13-15,19H,11-12,16-17H2,1H3,(H,35,36). The topological polar surface area (TPSA) is 106 Å². The van der Waals surface area contributed by atoms with Crippen LogP contribution < -0.4 is 9.04 Å². The summed E-state index contributed by atoms with van der Waals surface area (Å²) in [6.07, 6.45) is -1.63. The van der Waals surface area contributed by atoms with Crippen molar-refractivity contribution < 1.29 is 41.0 Å². The van der Waals surface area contributed by atoms with Gasteiger partial charge in [0, 0.05) is 29.8 Å². The Morgan fingerprint density at radius 2 is 1.76 bits per heavy atom. The molecule has 5 rings (SSSR count). The average Bonchev–Trinajstić information content (AvgIpc) is 3.76. The second-order valence-electron chi connectivity index (χ2n) is 9.58. The molecule has 0 atom stereocenters. The molecule has 41 heavy (non-hydrogen) atoms. The summed E-state index contributed by atoms with van der Waals surface area (Å²) in [6.45, 7) is -0.571. The van der Waals surface area contributed by atoms with E-state index in [4.69, 9.17) is 4.74 Å². The van der Waals surface area contributed by atoms with Gasteiger partial charge in [-0.15, -0.1) is 13.2 Å². The molecule has 0 amide bonds. The van der Waals surface area contributed by atoms with Gasteiger partial charge in [0.25, 0.3) is 10.0 Å². The van der Waals surface area contributed by atoms with E-state index in [0.29, 0.717) is 5.56 Å². The first-order valence-corrected chi connectivity index (χ1v) is 14.0. The molecule has 1 saturated carbocycles. The Hall–Kier alpha value is -4.16. The van der Waals surface area contributed by atoms with Crippen molar-refractivity contribution in [3.8, 4) is 5.75 Å². The number of halogens is 3. The first-order chi connectivity index (χ1) is 19.5. The summed E-state index contributed by atoms with van der Waals surface area (Å²) in [4.78, 5) is 16.3. The van der Waals surface area contributed by atoms with Crippen LogP contribution >= 0.6 is 0 Å². The van der Waals surface area contributed by atoms with Crippen LogP contribution in [0.4, 0.5) is 19.0 Å². The predicted octanol–water partition coefficient (Wildman–Crippen LogP) is 6.25. The van der Waals surface area contributed by atoms with Crippen molar-refractivity contribution in [3.63, 3.8) is 0 Å². The number of ether oxygens (including phenoxy) is 2. The van der Waals surface area contributed by atoms with Gasteiger partial charge in [0.2, 0.25) is 0 Å². The number of hydrogen-bond donors (Lipinski definition) is 1. The number of pyridine rings is 1. The van der Waals surface area contributed by atoms with E-state index in [1.807, 2.05) is 24.3 Å². The van der Waals surface area contributed by atoms with Gasteiger partial charge in [0.15, 0.2) is 0 Å². The Morgan fingerprint density at radius 3 is 2.39 bits per heavy atom. The molecule has 8 nitrogen and oxygen atoms in total. The number of anilines is 1. The van der Waals surface area contributed by atoms with E-state index >= 15 is 0 Å². The number of nitrogens with zero attached hydrogens (tertiary/aromatic N) is 2. The zero-order valence-corrected chi connectivity index (χ0v) is 22.6. The number of hydrogen-bond acceptors (Lipinski definition) is 6. The highest BCUT2D eigenvalue weighted by Crippen LogP contribution is 2.48. The van der Waals surface area contributed by atoms with Gasteiger partial charge in [-0.2, -0.15) is 0 Å². The number of aromatic carboxylic acids is 1. The molecule has 0 bridgehead atoms. The second-order valence-corrected chi connectivity index (χ2v) is 11.4. The molecule has 0 aliphatic heterocycles. The third-order valence-corrected chi connectivity index (χ3v) is 8.56. The molecule has 0 saturated heterocycles. The lowest BCUT2D eigenvalue weighted by Gasteiger charge is -2.28. The minimum Gasteiger partial charge on any atom is -0.478 e. The molecule has 1 heterocycles. The quantitative estimate of drug-likeness (QED) is 0.234. The average molecular weight is 587 g/mol. The monoisotopic (exact) mass is 586 g/mol. The van der Waals surface area contributed by atoms with Gasteiger partial charge in [-0.05, 0) is 54.0 Å². The van der Waals surface area contributed by atoms with Crippen LogP contribution in [0.3, 0.4) is 0 Å². The number of methoxy groups -OCH3 is 1. The summed E-state index contributed by atoms with van der Waals surface area (Å²) in [5, 5.41) is 11.4. The van der Waals surface area contributed by atoms with Gasteiger partial charge in [0.05, 0.1) is 23.6 Å². The van der Waals surface area contributed by atoms with Crippen LogP contribution in [0.25, 0.3) is 10.8 Å². The molecule has 12 heteroatoms. The normalized spacial score (nSPS) is 13.8. The van der Waals surface area contributed by atoms with E-state index < -0.39 is 28.1 Å². The summed E-state index contributed by atoms with van der Waals surface area (Å²) in [5.41, 5.74) is 0.847. The molecule has 1 aliphatic rings. The van der Waals surface area contributed by atoms with Crippen molar-refractivity contribution in [3.05, 3.63) is 95.2 Å². The van der Waals surface area contributed by atoms with Crippen LogP contribution in [0.1, 0.15) is 45.8 Å². The molecule has 1 fully saturated rings. The minimum atomic E-state index is -4.88. The molecule has 0 radical (unpaired) electrons. The molecule has 0 unspecified atom stereocenters. The first kappa shape index (κ1) is 28.4. The smallest absolute Gasteiger partial charge is 0.478 e. The van der Waals surface area contributed by atoms with Gasteiger partial charge in [-0.3, -0.25) is 0 Å². The van der Waals surface area contributed by atoms with Crippen molar-refractivity contribution in [2.24, 2.45) is 0 Å². The Kier molecular flexibility index (Phi) is 7.62. The number of benzene rings is 3. The predicted molar refractivity (Wildman–Crippen MR) is 144 cm³/mol. The van der Waals surface area contributed by atoms with E-state index in [0.717, 1.165) is 45.6 Å². The number of carbonyl (C=O) groups is 1. The number of fused-ring (bicyclic) bond motifs is 1. The van der Waals surface area contributed by atoms with Crippen LogP contribution in [-0.4, -0.2) is 37.9 Å². The molecule has 214 valence electrons. The van der Waals surface area contributed by atoms with E-state index in [9.17, 15) is 31.5 Å². The Bertz CT molecular complexity index is 1700. The number of rotatable bonds is 10. The molecular formula is C29H25F3N2O6S. The van der Waals surface area contributed by atoms with Crippen LogP contribution in [0.5, 0.6) is 5.75 Å². The van der Waals surface area contributed by atoms with Crippen LogP contribution in [0.2, 0.25) is 0 Å². The zero-order chi connectivity index (χ0) is 29.4. The maximum atomic E-state index is 14.5. The number of sulfonamides is 1. The van der Waals surface area contributed by atoms with Gasteiger partial charge < -0.3 is 14.6 Å². The number of alkyl halides is 3. The highest BCUT2D eigenvalue weighted by Gasteiger charge is 2.37. The second kappa shape index (κ2) is 11.0. The highest BCUT2D eigenvalue weighted by molar-refractivity contribution is 7.92.